The number of aryl methyl sites for hydroxylation is 1. The number of carboxylic acids is 1. The Labute approximate surface area is 248 Å². The highest BCUT2D eigenvalue weighted by Crippen LogP contribution is 2.49. The molecule has 2 N–H and O–H groups in total. The Bertz CT molecular complexity index is 1670. The molecular formula is C33H27F6NO4. The number of aliphatic hydroxyl groups excluding tert-OH is 1. The van der Waals surface area contributed by atoms with Crippen LogP contribution in [0.1, 0.15) is 32.6 Å². The van der Waals surface area contributed by atoms with Gasteiger partial charge in [-0.25, -0.2) is 4.79 Å². The summed E-state index contributed by atoms with van der Waals surface area (Å²) in [6, 6.07) is 24.1. The van der Waals surface area contributed by atoms with Gasteiger partial charge in [-0.3, -0.25) is 0 Å². The standard InChI is InChI=1S/C33H27F6NO4/c1-20-9-14-24(16-26(20)22-10-12-23(13-11-22)30(42)43)31(17-21-5-4-6-25(15-21)44-33(37,38)39)19-40(18-29(41)32(34,35)36)28-8-3-2-7-27(28)31/h2-16,29,41H,17-19H2,1H3,(H,42,43)/t29-,31?/m1/s1. The number of halogens is 6. The summed E-state index contributed by atoms with van der Waals surface area (Å²) in [5.74, 6) is -1.51. The van der Waals surface area contributed by atoms with E-state index in [1.807, 2.05) is 25.1 Å². The van der Waals surface area contributed by atoms with Crippen LogP contribution in [0.3, 0.4) is 0 Å². The van der Waals surface area contributed by atoms with Crippen LogP contribution in [0.4, 0.5) is 32.0 Å². The number of fused-ring (bicyclic) bond motifs is 1. The van der Waals surface area contributed by atoms with Crippen molar-refractivity contribution >= 4 is 11.7 Å². The number of hydrogen-bond acceptors (Lipinski definition) is 4. The maximum absolute atomic E-state index is 13.5. The minimum atomic E-state index is -4.91. The fourth-order valence-electron chi connectivity index (χ4n) is 5.85. The fourth-order valence-corrected chi connectivity index (χ4v) is 5.85. The Balaban J connectivity index is 1.66. The number of aromatic carboxylic acids is 1. The third-order valence-corrected chi connectivity index (χ3v) is 7.86. The van der Waals surface area contributed by atoms with Gasteiger partial charge in [-0.2, -0.15) is 13.2 Å². The zero-order valence-electron chi connectivity index (χ0n) is 23.3. The molecule has 4 aromatic rings. The van der Waals surface area contributed by atoms with Crippen LogP contribution in [0.5, 0.6) is 5.75 Å². The molecular weight excluding hydrogens is 588 g/mol. The lowest BCUT2D eigenvalue weighted by Gasteiger charge is -2.33. The smallest absolute Gasteiger partial charge is 0.478 e. The molecule has 1 aliphatic heterocycles. The molecule has 0 aliphatic carbocycles. The number of hydrogen-bond donors (Lipinski definition) is 2. The predicted octanol–water partition coefficient (Wildman–Crippen LogP) is 7.53. The van der Waals surface area contributed by atoms with Crippen LogP contribution < -0.4 is 9.64 Å². The first-order chi connectivity index (χ1) is 20.7. The number of anilines is 1. The summed E-state index contributed by atoms with van der Waals surface area (Å²) < 4.78 is 83.6. The molecule has 4 aromatic carbocycles. The second-order valence-electron chi connectivity index (χ2n) is 10.8. The van der Waals surface area contributed by atoms with Crippen molar-refractivity contribution in [3.63, 3.8) is 0 Å². The fraction of sp³-hybridized carbons (Fsp3) is 0.242. The number of aliphatic hydroxyl groups is 1. The summed E-state index contributed by atoms with van der Waals surface area (Å²) >= 11 is 0. The summed E-state index contributed by atoms with van der Waals surface area (Å²) in [4.78, 5) is 12.8. The molecule has 0 bridgehead atoms. The molecule has 1 unspecified atom stereocenters. The normalized spacial score (nSPS) is 17.3. The van der Waals surface area contributed by atoms with Crippen LogP contribution >= 0.6 is 0 Å². The molecule has 11 heteroatoms. The molecule has 44 heavy (non-hydrogen) atoms. The molecule has 0 saturated carbocycles. The SMILES string of the molecule is Cc1ccc(C2(Cc3cccc(OC(F)(F)F)c3)CN(C[C@@H](O)C(F)(F)F)c3ccccc32)cc1-c1ccc(C(=O)O)cc1. The summed E-state index contributed by atoms with van der Waals surface area (Å²) in [5, 5.41) is 19.3. The minimum Gasteiger partial charge on any atom is -0.478 e. The third-order valence-electron chi connectivity index (χ3n) is 7.86. The average Bonchev–Trinajstić information content (AvgIpc) is 3.26. The molecule has 0 saturated heterocycles. The molecule has 1 heterocycles. The zero-order valence-corrected chi connectivity index (χ0v) is 23.3. The molecule has 0 amide bonds. The van der Waals surface area contributed by atoms with Gasteiger partial charge >= 0.3 is 18.5 Å². The van der Waals surface area contributed by atoms with Crippen molar-refractivity contribution in [2.45, 2.75) is 37.4 Å². The number of alkyl halides is 6. The average molecular weight is 616 g/mol. The van der Waals surface area contributed by atoms with Gasteiger partial charge in [-0.15, -0.1) is 13.2 Å². The molecule has 0 radical (unpaired) electrons. The Kier molecular flexibility index (Phi) is 8.11. The van der Waals surface area contributed by atoms with Crippen LogP contribution in [-0.4, -0.2) is 47.9 Å². The number of carbonyl (C=O) groups is 1. The summed E-state index contributed by atoms with van der Waals surface area (Å²) in [6.07, 6.45) is -12.3. The van der Waals surface area contributed by atoms with E-state index >= 15 is 0 Å². The van der Waals surface area contributed by atoms with Crippen molar-refractivity contribution < 1.29 is 46.1 Å². The first-order valence-electron chi connectivity index (χ1n) is 13.5. The number of ether oxygens (including phenoxy) is 1. The van der Waals surface area contributed by atoms with Crippen molar-refractivity contribution in [1.82, 2.24) is 0 Å². The molecule has 5 rings (SSSR count). The Hall–Kier alpha value is -4.51. The molecule has 0 spiro atoms. The summed E-state index contributed by atoms with van der Waals surface area (Å²) in [6.45, 7) is 1.11. The van der Waals surface area contributed by atoms with Crippen LogP contribution in [0.2, 0.25) is 0 Å². The highest BCUT2D eigenvalue weighted by molar-refractivity contribution is 5.88. The number of nitrogens with zero attached hydrogens (tertiary/aromatic N) is 1. The molecule has 0 aromatic heterocycles. The van der Waals surface area contributed by atoms with E-state index in [0.717, 1.165) is 11.1 Å². The van der Waals surface area contributed by atoms with Gasteiger partial charge in [0.2, 0.25) is 0 Å². The van der Waals surface area contributed by atoms with Crippen molar-refractivity contribution in [2.75, 3.05) is 18.0 Å². The number of carboxylic acid groups (broad SMARTS) is 1. The molecule has 0 fully saturated rings. The predicted molar refractivity (Wildman–Crippen MR) is 152 cm³/mol. The van der Waals surface area contributed by atoms with Crippen LogP contribution in [0.25, 0.3) is 11.1 Å². The monoisotopic (exact) mass is 615 g/mol. The first kappa shape index (κ1) is 30.9. The van der Waals surface area contributed by atoms with Gasteiger partial charge in [-0.05, 0) is 83.1 Å². The third kappa shape index (κ3) is 6.37. The summed E-state index contributed by atoms with van der Waals surface area (Å²) in [5.41, 5.74) is 3.60. The van der Waals surface area contributed by atoms with Gasteiger partial charge in [0.05, 0.1) is 12.1 Å². The lowest BCUT2D eigenvalue weighted by atomic mass is 9.71. The lowest BCUT2D eigenvalue weighted by Crippen LogP contribution is -2.44. The Morgan fingerprint density at radius 3 is 2.30 bits per heavy atom. The number of rotatable bonds is 8. The van der Waals surface area contributed by atoms with E-state index in [9.17, 15) is 41.4 Å². The second kappa shape index (κ2) is 11.5. The summed E-state index contributed by atoms with van der Waals surface area (Å²) in [7, 11) is 0. The van der Waals surface area contributed by atoms with Crippen molar-refractivity contribution in [3.8, 4) is 16.9 Å². The van der Waals surface area contributed by atoms with E-state index in [2.05, 4.69) is 4.74 Å². The van der Waals surface area contributed by atoms with Gasteiger partial charge in [-0.1, -0.05) is 54.6 Å². The van der Waals surface area contributed by atoms with E-state index in [1.54, 1.807) is 42.5 Å². The molecule has 1 aliphatic rings. The number of benzene rings is 4. The topological polar surface area (TPSA) is 70.0 Å². The van der Waals surface area contributed by atoms with Crippen LogP contribution in [0, 0.1) is 6.92 Å². The van der Waals surface area contributed by atoms with Gasteiger partial charge in [0.1, 0.15) is 5.75 Å². The second-order valence-corrected chi connectivity index (χ2v) is 10.8. The quantitative estimate of drug-likeness (QED) is 0.201. The van der Waals surface area contributed by atoms with Crippen molar-refractivity contribution in [2.24, 2.45) is 0 Å². The largest absolute Gasteiger partial charge is 0.573 e. The zero-order chi connectivity index (χ0) is 31.9. The highest BCUT2D eigenvalue weighted by Gasteiger charge is 2.47. The van der Waals surface area contributed by atoms with Crippen LogP contribution in [0.15, 0.2) is 91.0 Å². The molecule has 2 atom stereocenters. The van der Waals surface area contributed by atoms with E-state index in [-0.39, 0.29) is 18.5 Å². The maximum Gasteiger partial charge on any atom is 0.573 e. The van der Waals surface area contributed by atoms with Gasteiger partial charge < -0.3 is 19.8 Å². The number of β-amino-alcohol motifs (C(OH)–C–C–N with tert-alkyl or cyclic N) is 1. The van der Waals surface area contributed by atoms with Gasteiger partial charge in [0.15, 0.2) is 6.10 Å². The lowest BCUT2D eigenvalue weighted by molar-refractivity contribution is -0.274. The van der Waals surface area contributed by atoms with Crippen molar-refractivity contribution in [3.05, 3.63) is 119 Å². The van der Waals surface area contributed by atoms with E-state index in [4.69, 9.17) is 0 Å². The van der Waals surface area contributed by atoms with Gasteiger partial charge in [0, 0.05) is 17.6 Å². The van der Waals surface area contributed by atoms with E-state index in [0.29, 0.717) is 27.9 Å². The van der Waals surface area contributed by atoms with Crippen LogP contribution in [-0.2, 0) is 11.8 Å². The maximum atomic E-state index is 13.5. The van der Waals surface area contributed by atoms with Gasteiger partial charge in [0.25, 0.3) is 0 Å². The highest BCUT2D eigenvalue weighted by atomic mass is 19.4. The Morgan fingerprint density at radius 1 is 0.932 bits per heavy atom. The number of para-hydroxylation sites is 1. The molecule has 230 valence electrons. The Morgan fingerprint density at radius 2 is 1.64 bits per heavy atom. The first-order valence-corrected chi connectivity index (χ1v) is 13.5. The van der Waals surface area contributed by atoms with E-state index < -0.39 is 42.3 Å². The van der Waals surface area contributed by atoms with E-state index in [1.165, 1.54) is 35.2 Å². The molecule has 5 nitrogen and oxygen atoms in total. The van der Waals surface area contributed by atoms with Crippen molar-refractivity contribution in [1.29, 1.82) is 0 Å². The minimum absolute atomic E-state index is 0.00963.